The lowest BCUT2D eigenvalue weighted by molar-refractivity contribution is -0.140. The van der Waals surface area contributed by atoms with Crippen LogP contribution in [0.15, 0.2) is 12.2 Å². The van der Waals surface area contributed by atoms with Gasteiger partial charge in [-0.15, -0.1) is 0 Å². The fraction of sp³-hybridized carbons (Fsp3) is 0.871. The summed E-state index contributed by atoms with van der Waals surface area (Å²) in [4.78, 5) is 24.7. The first-order valence-electron chi connectivity index (χ1n) is 15.2. The summed E-state index contributed by atoms with van der Waals surface area (Å²) in [7, 11) is 0.881. The van der Waals surface area contributed by atoms with E-state index >= 15 is 0 Å². The molecule has 0 aromatic heterocycles. The van der Waals surface area contributed by atoms with Crippen LogP contribution < -0.4 is 0 Å². The van der Waals surface area contributed by atoms with Gasteiger partial charge in [-0.1, -0.05) is 72.0 Å². The second-order valence-electron chi connectivity index (χ2n) is 12.5. The number of aliphatic hydroxyl groups excluding tert-OH is 1. The number of ketones is 1. The molecule has 0 amide bonds. The molecule has 0 aliphatic heterocycles. The smallest absolute Gasteiger partial charge is 0.305 e. The fourth-order valence-corrected chi connectivity index (χ4v) is 6.16. The molecule has 1 saturated carbocycles. The van der Waals surface area contributed by atoms with Crippen molar-refractivity contribution in [3.05, 3.63) is 12.2 Å². The highest BCUT2D eigenvalue weighted by atomic mass is 28.4. The Morgan fingerprint density at radius 2 is 1.77 bits per heavy atom. The minimum Gasteiger partial charge on any atom is -0.469 e. The van der Waals surface area contributed by atoms with Gasteiger partial charge in [0.1, 0.15) is 12.6 Å². The van der Waals surface area contributed by atoms with Crippen molar-refractivity contribution in [2.45, 2.75) is 128 Å². The predicted molar refractivity (Wildman–Crippen MR) is 161 cm³/mol. The molecule has 0 heterocycles. The third-order valence-electron chi connectivity index (χ3n) is 8.33. The summed E-state index contributed by atoms with van der Waals surface area (Å²) in [6, 6.07) is 0. The third kappa shape index (κ3) is 13.3. The van der Waals surface area contributed by atoms with Gasteiger partial charge in [0.2, 0.25) is 0 Å². The van der Waals surface area contributed by atoms with Crippen LogP contribution in [0.3, 0.4) is 0 Å². The maximum atomic E-state index is 13.3. The van der Waals surface area contributed by atoms with Crippen molar-refractivity contribution in [3.63, 3.8) is 0 Å². The van der Waals surface area contributed by atoms with E-state index in [1.165, 1.54) is 7.11 Å². The summed E-state index contributed by atoms with van der Waals surface area (Å²) < 4.78 is 28.1. The van der Waals surface area contributed by atoms with Gasteiger partial charge in [-0.05, 0) is 37.4 Å². The van der Waals surface area contributed by atoms with Crippen molar-refractivity contribution in [3.8, 4) is 0 Å². The lowest BCUT2D eigenvalue weighted by atomic mass is 9.86. The van der Waals surface area contributed by atoms with E-state index in [2.05, 4.69) is 52.9 Å². The van der Waals surface area contributed by atoms with Crippen molar-refractivity contribution in [2.75, 3.05) is 34.2 Å². The summed E-state index contributed by atoms with van der Waals surface area (Å²) >= 11 is 0. The van der Waals surface area contributed by atoms with Crippen molar-refractivity contribution in [1.82, 2.24) is 0 Å². The topological polar surface area (TPSA) is 101 Å². The Balaban J connectivity index is 3.05. The molecular weight excluding hydrogens is 528 g/mol. The Morgan fingerprint density at radius 3 is 2.40 bits per heavy atom. The van der Waals surface area contributed by atoms with Crippen LogP contribution in [0.5, 0.6) is 0 Å². The molecule has 0 aromatic carbocycles. The van der Waals surface area contributed by atoms with E-state index in [0.29, 0.717) is 38.9 Å². The largest absolute Gasteiger partial charge is 0.469 e. The van der Waals surface area contributed by atoms with Gasteiger partial charge in [-0.25, -0.2) is 0 Å². The number of Topliss-reactive ketones (excluding diaryl/α,β-unsaturated/α-hetero) is 1. The van der Waals surface area contributed by atoms with Gasteiger partial charge in [-0.3, -0.25) is 9.59 Å². The molecule has 0 bridgehead atoms. The minimum absolute atomic E-state index is 0.00595. The molecule has 1 aliphatic carbocycles. The average molecular weight is 587 g/mol. The molecule has 9 heteroatoms. The molecule has 0 spiro atoms. The number of hydrogen-bond donors (Lipinski definition) is 1. The number of hydrogen-bond acceptors (Lipinski definition) is 8. The third-order valence-corrected chi connectivity index (χ3v) is 12.8. The average Bonchev–Trinajstić information content (AvgIpc) is 3.19. The van der Waals surface area contributed by atoms with E-state index in [9.17, 15) is 14.7 Å². The van der Waals surface area contributed by atoms with Gasteiger partial charge in [0.25, 0.3) is 0 Å². The maximum absolute atomic E-state index is 13.3. The Morgan fingerprint density at radius 1 is 1.07 bits per heavy atom. The number of carbonyl (C=O) groups excluding carboxylic acids is 2. The molecule has 8 nitrogen and oxygen atoms in total. The van der Waals surface area contributed by atoms with Crippen LogP contribution >= 0.6 is 0 Å². The monoisotopic (exact) mass is 586 g/mol. The Labute approximate surface area is 244 Å². The summed E-state index contributed by atoms with van der Waals surface area (Å²) in [6.45, 7) is 14.3. The van der Waals surface area contributed by atoms with Gasteiger partial charge in [0, 0.05) is 25.9 Å². The number of aliphatic hydroxyl groups is 1. The molecule has 0 radical (unpaired) electrons. The normalized spacial score (nSPS) is 21.7. The lowest BCUT2D eigenvalue weighted by Crippen LogP contribution is -2.45. The van der Waals surface area contributed by atoms with Crippen molar-refractivity contribution in [2.24, 2.45) is 11.8 Å². The number of methoxy groups -OCH3 is 2. The van der Waals surface area contributed by atoms with Crippen LogP contribution in [0.2, 0.25) is 18.1 Å². The molecular formula is C31H58O8Si. The highest BCUT2D eigenvalue weighted by Crippen LogP contribution is 2.43. The first-order valence-corrected chi connectivity index (χ1v) is 18.1. The zero-order valence-corrected chi connectivity index (χ0v) is 27.5. The highest BCUT2D eigenvalue weighted by molar-refractivity contribution is 6.74. The zero-order chi connectivity index (χ0) is 30.2. The summed E-state index contributed by atoms with van der Waals surface area (Å²) in [5.41, 5.74) is 0. The number of ether oxygens (including phenoxy) is 4. The zero-order valence-electron chi connectivity index (χ0n) is 26.5. The van der Waals surface area contributed by atoms with Crippen LogP contribution in [-0.4, -0.2) is 77.7 Å². The fourth-order valence-electron chi connectivity index (χ4n) is 4.81. The summed E-state index contributed by atoms with van der Waals surface area (Å²) in [5, 5.41) is 11.2. The summed E-state index contributed by atoms with van der Waals surface area (Å²) in [5.74, 6) is -0.895. The molecule has 1 aliphatic rings. The first kappa shape index (κ1) is 36.9. The van der Waals surface area contributed by atoms with Crippen LogP contribution in [0, 0.1) is 11.8 Å². The Bertz CT molecular complexity index is 748. The quantitative estimate of drug-likeness (QED) is 0.0557. The highest BCUT2D eigenvalue weighted by Gasteiger charge is 2.49. The van der Waals surface area contributed by atoms with Gasteiger partial charge in [-0.2, -0.15) is 0 Å². The van der Waals surface area contributed by atoms with Crippen molar-refractivity contribution >= 4 is 20.1 Å². The maximum Gasteiger partial charge on any atom is 0.305 e. The summed E-state index contributed by atoms with van der Waals surface area (Å²) in [6.07, 6.45) is 10.5. The minimum atomic E-state index is -2.15. The predicted octanol–water partition coefficient (Wildman–Crippen LogP) is 6.21. The number of unbranched alkanes of at least 4 members (excludes halogenated alkanes) is 4. The Kier molecular flexibility index (Phi) is 17.7. The molecule has 5 atom stereocenters. The van der Waals surface area contributed by atoms with Gasteiger partial charge in [0.15, 0.2) is 8.32 Å². The van der Waals surface area contributed by atoms with Gasteiger partial charge >= 0.3 is 5.97 Å². The van der Waals surface area contributed by atoms with Crippen LogP contribution in [0.1, 0.15) is 91.9 Å². The van der Waals surface area contributed by atoms with E-state index in [1.54, 1.807) is 7.11 Å². The molecule has 5 unspecified atom stereocenters. The standard InChI is InChI=1S/C31H58O8Si/c1-9-10-12-15-24(38-23-37-21-20-35-5)18-19-25-28(39-40(7,8)31(2,3)4)22-27(33)30(25)26(32)16-13-11-14-17-29(34)36-6/h18-19,24-26,28,30,32H,9-17,20-23H2,1-8H3. The van der Waals surface area contributed by atoms with E-state index in [1.807, 2.05) is 0 Å². The molecule has 1 N–H and O–H groups in total. The molecule has 40 heavy (non-hydrogen) atoms. The molecule has 1 fully saturated rings. The van der Waals surface area contributed by atoms with E-state index in [0.717, 1.165) is 38.5 Å². The van der Waals surface area contributed by atoms with Crippen LogP contribution in [0.4, 0.5) is 0 Å². The second kappa shape index (κ2) is 19.2. The molecule has 0 aromatic rings. The molecule has 0 saturated heterocycles. The van der Waals surface area contributed by atoms with Gasteiger partial charge in [0.05, 0.1) is 44.6 Å². The number of rotatable bonds is 21. The van der Waals surface area contributed by atoms with E-state index < -0.39 is 20.3 Å². The Hall–Kier alpha value is -1.10. The van der Waals surface area contributed by atoms with Crippen LogP contribution in [0.25, 0.3) is 0 Å². The van der Waals surface area contributed by atoms with Gasteiger partial charge < -0.3 is 28.5 Å². The van der Waals surface area contributed by atoms with Crippen LogP contribution in [-0.2, 0) is 33.0 Å². The lowest BCUT2D eigenvalue weighted by Gasteiger charge is -2.40. The van der Waals surface area contributed by atoms with E-state index in [-0.39, 0.29) is 41.7 Å². The molecule has 234 valence electrons. The van der Waals surface area contributed by atoms with Crippen molar-refractivity contribution < 1.29 is 38.1 Å². The van der Waals surface area contributed by atoms with E-state index in [4.69, 9.17) is 23.4 Å². The van der Waals surface area contributed by atoms with Crippen molar-refractivity contribution in [1.29, 1.82) is 0 Å². The SMILES string of the molecule is CCCCCC(C=CC1C(O[Si](C)(C)C(C)(C)C)CC(=O)C1C(O)CCCCCC(=O)OC)OCOCCOC. The first-order chi connectivity index (χ1) is 18.9. The number of carbonyl (C=O) groups is 2. The number of esters is 1. The second-order valence-corrected chi connectivity index (χ2v) is 17.3. The molecule has 1 rings (SSSR count).